The van der Waals surface area contributed by atoms with Gasteiger partial charge in [-0.25, -0.2) is 9.78 Å². The van der Waals surface area contributed by atoms with Crippen molar-refractivity contribution in [1.29, 1.82) is 0 Å². The molecule has 4 rings (SSSR count). The molecule has 1 N–H and O–H groups in total. The Morgan fingerprint density at radius 1 is 1.27 bits per heavy atom. The van der Waals surface area contributed by atoms with Gasteiger partial charge in [-0.2, -0.15) is 0 Å². The minimum absolute atomic E-state index is 0.261. The molecular weight excluding hydrogens is 360 g/mol. The number of anilines is 1. The molecule has 0 aliphatic carbocycles. The summed E-state index contributed by atoms with van der Waals surface area (Å²) >= 11 is 1.22. The number of amides is 1. The second-order valence-corrected chi connectivity index (χ2v) is 6.39. The Hall–Kier alpha value is -3.07. The van der Waals surface area contributed by atoms with Gasteiger partial charge < -0.3 is 23.9 Å². The van der Waals surface area contributed by atoms with Gasteiger partial charge >= 0.3 is 5.97 Å². The Morgan fingerprint density at radius 2 is 2.08 bits per heavy atom. The van der Waals surface area contributed by atoms with Gasteiger partial charge in [0.25, 0.3) is 5.91 Å². The van der Waals surface area contributed by atoms with Crippen molar-refractivity contribution in [2.45, 2.75) is 6.92 Å². The minimum atomic E-state index is -0.534. The maximum absolute atomic E-state index is 12.7. The number of aryl methyl sites for hydroxylation is 1. The molecule has 9 heteroatoms. The van der Waals surface area contributed by atoms with Crippen molar-refractivity contribution in [2.75, 3.05) is 25.6 Å². The largest absolute Gasteiger partial charge is 0.485 e. The van der Waals surface area contributed by atoms with Crippen LogP contribution < -0.4 is 14.8 Å². The normalized spacial score (nSPS) is 12.8. The van der Waals surface area contributed by atoms with Crippen LogP contribution in [0.4, 0.5) is 5.69 Å². The third-order valence-electron chi connectivity index (χ3n) is 3.77. The average molecular weight is 374 g/mol. The van der Waals surface area contributed by atoms with Gasteiger partial charge in [-0.3, -0.25) is 4.79 Å². The molecule has 0 saturated heterocycles. The number of rotatable bonds is 3. The molecule has 0 saturated carbocycles. The van der Waals surface area contributed by atoms with Gasteiger partial charge in [0, 0.05) is 12.3 Å². The van der Waals surface area contributed by atoms with Crippen molar-refractivity contribution in [3.8, 4) is 11.5 Å². The lowest BCUT2D eigenvalue weighted by atomic mass is 10.1. The van der Waals surface area contributed by atoms with Crippen LogP contribution in [0.3, 0.4) is 0 Å². The van der Waals surface area contributed by atoms with E-state index in [1.165, 1.54) is 24.5 Å². The fourth-order valence-corrected chi connectivity index (χ4v) is 3.50. The number of oxazole rings is 1. The molecule has 1 amide bonds. The monoisotopic (exact) mass is 374 g/mol. The summed E-state index contributed by atoms with van der Waals surface area (Å²) in [6.07, 6.45) is 0. The Balaban J connectivity index is 1.73. The number of carbonyl (C=O) groups is 2. The molecule has 0 radical (unpaired) electrons. The van der Waals surface area contributed by atoms with E-state index in [1.54, 1.807) is 18.4 Å². The quantitative estimate of drug-likeness (QED) is 0.703. The first kappa shape index (κ1) is 16.4. The first-order valence-corrected chi connectivity index (χ1v) is 8.62. The molecule has 0 unspecified atom stereocenters. The molecule has 1 aliphatic heterocycles. The maximum atomic E-state index is 12.7. The number of methoxy groups -OCH3 is 1. The number of aromatic nitrogens is 1. The van der Waals surface area contributed by atoms with Crippen molar-refractivity contribution >= 4 is 40.0 Å². The summed E-state index contributed by atoms with van der Waals surface area (Å²) in [5, 5.41) is 4.49. The molecule has 1 aromatic carbocycles. The summed E-state index contributed by atoms with van der Waals surface area (Å²) < 4.78 is 21.3. The van der Waals surface area contributed by atoms with Gasteiger partial charge in [0.2, 0.25) is 0 Å². The lowest BCUT2D eigenvalue weighted by molar-refractivity contribution is 0.0600. The highest BCUT2D eigenvalue weighted by Gasteiger charge is 2.25. The third-order valence-corrected chi connectivity index (χ3v) is 4.71. The number of hydrogen-bond donors (Lipinski definition) is 1. The molecule has 3 aromatic rings. The average Bonchev–Trinajstić information content (AvgIpc) is 3.23. The molecule has 0 bridgehead atoms. The molecular formula is C17H14N2O6S. The number of thiophene rings is 1. The molecule has 1 aliphatic rings. The lowest BCUT2D eigenvalue weighted by Gasteiger charge is -2.15. The van der Waals surface area contributed by atoms with Crippen molar-refractivity contribution in [2.24, 2.45) is 0 Å². The summed E-state index contributed by atoms with van der Waals surface area (Å²) in [7, 11) is 1.29. The first-order chi connectivity index (χ1) is 12.6. The summed E-state index contributed by atoms with van der Waals surface area (Å²) in [5.74, 6) is 0.471. The van der Waals surface area contributed by atoms with E-state index in [4.69, 9.17) is 18.6 Å². The van der Waals surface area contributed by atoms with Crippen LogP contribution in [0.1, 0.15) is 25.9 Å². The predicted molar refractivity (Wildman–Crippen MR) is 93.3 cm³/mol. The number of ether oxygens (including phenoxy) is 3. The number of nitrogens with zero attached hydrogens (tertiary/aromatic N) is 1. The van der Waals surface area contributed by atoms with Gasteiger partial charge in [0.15, 0.2) is 23.0 Å². The van der Waals surface area contributed by atoms with E-state index in [0.717, 1.165) is 0 Å². The molecule has 0 atom stereocenters. The summed E-state index contributed by atoms with van der Waals surface area (Å²) in [4.78, 5) is 29.2. The first-order valence-electron chi connectivity index (χ1n) is 7.74. The number of hydrogen-bond acceptors (Lipinski definition) is 8. The number of esters is 1. The summed E-state index contributed by atoms with van der Waals surface area (Å²) in [6.45, 7) is 2.52. The Labute approximate surface area is 151 Å². The van der Waals surface area contributed by atoms with Gasteiger partial charge in [0.05, 0.1) is 18.4 Å². The van der Waals surface area contributed by atoms with Crippen molar-refractivity contribution in [1.82, 2.24) is 4.98 Å². The molecule has 0 spiro atoms. The number of nitrogens with one attached hydrogen (secondary N) is 1. The predicted octanol–water partition coefficient (Wildman–Crippen LogP) is 3.01. The zero-order valence-electron chi connectivity index (χ0n) is 14.0. The van der Waals surface area contributed by atoms with Crippen LogP contribution in [-0.4, -0.2) is 37.2 Å². The molecule has 8 nitrogen and oxygen atoms in total. The van der Waals surface area contributed by atoms with E-state index in [2.05, 4.69) is 10.3 Å². The standard InChI is InChI=1S/C17H14N2O6S/c1-8-18-10-5-9(17(21)22-2)6-11(13(10)25-8)19-16(20)15-14-12(7-26-15)23-3-4-24-14/h5-7H,3-4H2,1-2H3,(H,19,20). The zero-order valence-corrected chi connectivity index (χ0v) is 14.8. The Kier molecular flexibility index (Phi) is 4.00. The highest BCUT2D eigenvalue weighted by molar-refractivity contribution is 7.13. The number of benzene rings is 1. The molecule has 0 fully saturated rings. The van der Waals surface area contributed by atoms with Crippen LogP contribution in [0.15, 0.2) is 21.9 Å². The summed E-state index contributed by atoms with van der Waals surface area (Å²) in [6, 6.07) is 3.05. The fourth-order valence-electron chi connectivity index (χ4n) is 2.67. The van der Waals surface area contributed by atoms with Gasteiger partial charge in [0.1, 0.15) is 23.6 Å². The third kappa shape index (κ3) is 2.76. The second kappa shape index (κ2) is 6.34. The molecule has 3 heterocycles. The van der Waals surface area contributed by atoms with E-state index < -0.39 is 5.97 Å². The summed E-state index contributed by atoms with van der Waals surface area (Å²) in [5.41, 5.74) is 1.42. The van der Waals surface area contributed by atoms with Crippen LogP contribution in [0.2, 0.25) is 0 Å². The fraction of sp³-hybridized carbons (Fsp3) is 0.235. The van der Waals surface area contributed by atoms with E-state index in [9.17, 15) is 9.59 Å². The lowest BCUT2D eigenvalue weighted by Crippen LogP contribution is -2.18. The van der Waals surface area contributed by atoms with Crippen LogP contribution in [-0.2, 0) is 4.74 Å². The Bertz CT molecular complexity index is 1020. The van der Waals surface area contributed by atoms with Crippen LogP contribution in [0.5, 0.6) is 11.5 Å². The van der Waals surface area contributed by atoms with E-state index in [-0.39, 0.29) is 11.5 Å². The van der Waals surface area contributed by atoms with E-state index in [0.29, 0.717) is 52.3 Å². The van der Waals surface area contributed by atoms with Crippen LogP contribution in [0, 0.1) is 6.92 Å². The zero-order chi connectivity index (χ0) is 18.3. The minimum Gasteiger partial charge on any atom is -0.485 e. The molecule has 134 valence electrons. The topological polar surface area (TPSA) is 99.9 Å². The SMILES string of the molecule is COC(=O)c1cc(NC(=O)c2scc3c2OCCO3)c2oc(C)nc2c1. The second-order valence-electron chi connectivity index (χ2n) is 5.51. The van der Waals surface area contributed by atoms with Crippen molar-refractivity contribution in [3.05, 3.63) is 33.8 Å². The van der Waals surface area contributed by atoms with Gasteiger partial charge in [-0.05, 0) is 12.1 Å². The maximum Gasteiger partial charge on any atom is 0.338 e. The van der Waals surface area contributed by atoms with Crippen LogP contribution >= 0.6 is 11.3 Å². The van der Waals surface area contributed by atoms with E-state index in [1.807, 2.05) is 0 Å². The van der Waals surface area contributed by atoms with E-state index >= 15 is 0 Å². The smallest absolute Gasteiger partial charge is 0.338 e. The van der Waals surface area contributed by atoms with Crippen molar-refractivity contribution < 1.29 is 28.2 Å². The van der Waals surface area contributed by atoms with Crippen LogP contribution in [0.25, 0.3) is 11.1 Å². The highest BCUT2D eigenvalue weighted by atomic mass is 32.1. The highest BCUT2D eigenvalue weighted by Crippen LogP contribution is 2.40. The molecule has 2 aromatic heterocycles. The van der Waals surface area contributed by atoms with Gasteiger partial charge in [-0.1, -0.05) is 0 Å². The number of carbonyl (C=O) groups excluding carboxylic acids is 2. The Morgan fingerprint density at radius 3 is 2.88 bits per heavy atom. The number of fused-ring (bicyclic) bond motifs is 2. The van der Waals surface area contributed by atoms with Gasteiger partial charge in [-0.15, -0.1) is 11.3 Å². The molecule has 26 heavy (non-hydrogen) atoms. The van der Waals surface area contributed by atoms with Crippen molar-refractivity contribution in [3.63, 3.8) is 0 Å².